The largest absolute Gasteiger partial charge is 0.493 e. The second-order valence-electron chi connectivity index (χ2n) is 10.0. The number of carboxylic acid groups (broad SMARTS) is 1. The Morgan fingerprint density at radius 2 is 2.00 bits per heavy atom. The van der Waals surface area contributed by atoms with Gasteiger partial charge in [0, 0.05) is 31.1 Å². The molecule has 6 rings (SSSR count). The Morgan fingerprint density at radius 1 is 1.12 bits per heavy atom. The molecule has 3 heterocycles. The molecule has 0 radical (unpaired) electrons. The van der Waals surface area contributed by atoms with Crippen molar-refractivity contribution in [3.63, 3.8) is 0 Å². The molecule has 0 amide bonds. The molecule has 1 aliphatic heterocycles. The van der Waals surface area contributed by atoms with Gasteiger partial charge in [-0.2, -0.15) is 5.26 Å². The fourth-order valence-electron chi connectivity index (χ4n) is 5.18. The van der Waals surface area contributed by atoms with E-state index in [1.807, 2.05) is 35.9 Å². The zero-order chi connectivity index (χ0) is 28.5. The highest BCUT2D eigenvalue weighted by molar-refractivity contribution is 5.92. The summed E-state index contributed by atoms with van der Waals surface area (Å²) in [4.78, 5) is 20.8. The van der Waals surface area contributed by atoms with Crippen molar-refractivity contribution in [1.82, 2.24) is 14.5 Å². The molecule has 0 unspecified atom stereocenters. The Labute approximate surface area is 235 Å². The number of imidazole rings is 1. The first kappa shape index (κ1) is 26.0. The van der Waals surface area contributed by atoms with Crippen LogP contribution in [0, 0.1) is 17.1 Å². The predicted octanol–water partition coefficient (Wildman–Crippen LogP) is 5.87. The van der Waals surface area contributed by atoms with Gasteiger partial charge < -0.3 is 19.7 Å². The molecule has 0 aliphatic carbocycles. The van der Waals surface area contributed by atoms with Crippen LogP contribution in [0.3, 0.4) is 0 Å². The zero-order valence-corrected chi connectivity index (χ0v) is 22.3. The van der Waals surface area contributed by atoms with Crippen LogP contribution in [0.2, 0.25) is 0 Å². The average molecular weight is 548 g/mol. The second kappa shape index (κ2) is 10.7. The van der Waals surface area contributed by atoms with Crippen LogP contribution in [0.4, 0.5) is 10.2 Å². The number of benzene rings is 3. The number of ether oxygens (including phenoxy) is 1. The number of aromatic carboxylic acids is 1. The molecule has 3 aromatic carbocycles. The van der Waals surface area contributed by atoms with Gasteiger partial charge in [-0.25, -0.2) is 19.2 Å². The number of nitrogens with zero attached hydrogens (tertiary/aromatic N) is 4. The minimum Gasteiger partial charge on any atom is -0.493 e. The monoisotopic (exact) mass is 547 g/mol. The number of rotatable bonds is 3. The number of anilines is 1. The van der Waals surface area contributed by atoms with Crippen molar-refractivity contribution in [2.24, 2.45) is 7.05 Å². The van der Waals surface area contributed by atoms with Gasteiger partial charge in [-0.1, -0.05) is 12.1 Å². The van der Waals surface area contributed by atoms with Crippen molar-refractivity contribution in [3.05, 3.63) is 106 Å². The van der Waals surface area contributed by atoms with Gasteiger partial charge in [-0.15, -0.1) is 0 Å². The summed E-state index contributed by atoms with van der Waals surface area (Å²) >= 11 is 0. The summed E-state index contributed by atoms with van der Waals surface area (Å²) in [6.45, 7) is 0.913. The van der Waals surface area contributed by atoms with Crippen molar-refractivity contribution in [2.45, 2.75) is 25.8 Å². The van der Waals surface area contributed by atoms with E-state index in [2.05, 4.69) is 21.4 Å². The molecule has 1 aliphatic rings. The molecule has 0 atom stereocenters. The summed E-state index contributed by atoms with van der Waals surface area (Å²) in [5.74, 6) is 0.354. The molecular formula is C32H26FN5O3. The number of nitrogens with one attached hydrogen (secondary N) is 1. The van der Waals surface area contributed by atoms with Crippen molar-refractivity contribution < 1.29 is 19.0 Å². The third-order valence-electron chi connectivity index (χ3n) is 7.39. The standard InChI is InChI=1S/C32H26FN5O3/c1-38-28-14-21(32(39)40)9-10-27(28)37-31(38)15-23-13-25(33)24-16-29(23)41-11-3-4-20-12-19(17-34)7-8-22(20)18-35-30-6-2-5-26(24)36-30/h2,5-10,12-14,16H,3-4,11,15,18H2,1H3,(H,35,36)(H,39,40). The number of hydrogen-bond donors (Lipinski definition) is 2. The highest BCUT2D eigenvalue weighted by atomic mass is 19.1. The van der Waals surface area contributed by atoms with E-state index in [4.69, 9.17) is 4.74 Å². The van der Waals surface area contributed by atoms with Crippen molar-refractivity contribution in [3.8, 4) is 23.1 Å². The van der Waals surface area contributed by atoms with E-state index >= 15 is 4.39 Å². The molecule has 0 fully saturated rings. The lowest BCUT2D eigenvalue weighted by Gasteiger charge is -2.17. The first-order valence-electron chi connectivity index (χ1n) is 13.3. The number of pyridine rings is 1. The molecule has 2 N–H and O–H groups in total. The highest BCUT2D eigenvalue weighted by Gasteiger charge is 2.18. The Hall–Kier alpha value is -5.23. The van der Waals surface area contributed by atoms with Gasteiger partial charge in [0.15, 0.2) is 0 Å². The highest BCUT2D eigenvalue weighted by Crippen LogP contribution is 2.33. The van der Waals surface area contributed by atoms with E-state index in [0.717, 1.165) is 11.1 Å². The van der Waals surface area contributed by atoms with E-state index < -0.39 is 11.8 Å². The van der Waals surface area contributed by atoms with Gasteiger partial charge in [0.2, 0.25) is 0 Å². The third-order valence-corrected chi connectivity index (χ3v) is 7.39. The van der Waals surface area contributed by atoms with Crippen LogP contribution in [0.15, 0.2) is 66.7 Å². The van der Waals surface area contributed by atoms with Crippen LogP contribution < -0.4 is 10.1 Å². The van der Waals surface area contributed by atoms with Crippen LogP contribution in [-0.2, 0) is 26.4 Å². The fourth-order valence-corrected chi connectivity index (χ4v) is 5.18. The average Bonchev–Trinajstić information content (AvgIpc) is 3.29. The number of carboxylic acids is 1. The summed E-state index contributed by atoms with van der Waals surface area (Å²) in [5.41, 5.74) is 5.67. The summed E-state index contributed by atoms with van der Waals surface area (Å²) < 4.78 is 23.7. The molecule has 0 spiro atoms. The maximum Gasteiger partial charge on any atom is 0.335 e. The van der Waals surface area contributed by atoms with E-state index in [1.165, 1.54) is 12.1 Å². The molecule has 4 bridgehead atoms. The van der Waals surface area contributed by atoms with E-state index in [0.29, 0.717) is 76.8 Å². The summed E-state index contributed by atoms with van der Waals surface area (Å²) in [6, 6.07) is 21.2. The Morgan fingerprint density at radius 3 is 2.83 bits per heavy atom. The molecular weight excluding hydrogens is 521 g/mol. The summed E-state index contributed by atoms with van der Waals surface area (Å²) in [5, 5.41) is 22.1. The van der Waals surface area contributed by atoms with Gasteiger partial charge in [0.25, 0.3) is 0 Å². The van der Waals surface area contributed by atoms with E-state index in [9.17, 15) is 15.2 Å². The number of carbonyl (C=O) groups is 1. The van der Waals surface area contributed by atoms with Gasteiger partial charge in [-0.3, -0.25) is 0 Å². The Balaban J connectivity index is 1.39. The minimum atomic E-state index is -1.01. The molecule has 41 heavy (non-hydrogen) atoms. The first-order chi connectivity index (χ1) is 19.9. The van der Waals surface area contributed by atoms with Crippen molar-refractivity contribution in [2.75, 3.05) is 11.9 Å². The summed E-state index contributed by atoms with van der Waals surface area (Å²) in [7, 11) is 1.81. The maximum absolute atomic E-state index is 15.6. The summed E-state index contributed by atoms with van der Waals surface area (Å²) in [6.07, 6.45) is 1.69. The van der Waals surface area contributed by atoms with E-state index in [-0.39, 0.29) is 12.0 Å². The van der Waals surface area contributed by atoms with Crippen LogP contribution in [0.5, 0.6) is 5.75 Å². The lowest BCUT2D eigenvalue weighted by Crippen LogP contribution is -2.09. The third kappa shape index (κ3) is 5.20. The lowest BCUT2D eigenvalue weighted by molar-refractivity contribution is 0.0697. The first-order valence-corrected chi connectivity index (χ1v) is 13.3. The Bertz CT molecular complexity index is 1860. The number of hydrogen-bond acceptors (Lipinski definition) is 6. The SMILES string of the molecule is Cn1c(Cc2cc(F)c3cc2OCCCc2cc(C#N)ccc2CNc2cccc-3n2)nc2ccc(C(=O)O)cc21. The van der Waals surface area contributed by atoms with Gasteiger partial charge >= 0.3 is 5.97 Å². The van der Waals surface area contributed by atoms with Crippen LogP contribution in [0.1, 0.15) is 44.9 Å². The molecule has 204 valence electrons. The predicted molar refractivity (Wildman–Crippen MR) is 152 cm³/mol. The molecule has 0 saturated carbocycles. The second-order valence-corrected chi connectivity index (χ2v) is 10.0. The van der Waals surface area contributed by atoms with Crippen LogP contribution >= 0.6 is 0 Å². The number of aryl methyl sites for hydroxylation is 2. The minimum absolute atomic E-state index is 0.173. The topological polar surface area (TPSA) is 113 Å². The quantitative estimate of drug-likeness (QED) is 0.290. The maximum atomic E-state index is 15.6. The Kier molecular flexibility index (Phi) is 6.81. The number of aromatic nitrogens is 3. The smallest absolute Gasteiger partial charge is 0.335 e. The molecule has 9 heteroatoms. The van der Waals surface area contributed by atoms with Gasteiger partial charge in [0.05, 0.1) is 40.5 Å². The van der Waals surface area contributed by atoms with Crippen LogP contribution in [-0.4, -0.2) is 32.2 Å². The molecule has 2 aromatic heterocycles. The normalized spacial score (nSPS) is 12.9. The number of fused-ring (bicyclic) bond motifs is 7. The molecule has 8 nitrogen and oxygen atoms in total. The lowest BCUT2D eigenvalue weighted by atomic mass is 10.00. The van der Waals surface area contributed by atoms with Crippen molar-refractivity contribution in [1.29, 1.82) is 5.26 Å². The number of halogens is 1. The number of nitriles is 1. The van der Waals surface area contributed by atoms with Gasteiger partial charge in [0.1, 0.15) is 23.2 Å². The zero-order valence-electron chi connectivity index (χ0n) is 22.3. The van der Waals surface area contributed by atoms with Gasteiger partial charge in [-0.05, 0) is 78.6 Å². The molecule has 0 saturated heterocycles. The van der Waals surface area contributed by atoms with Crippen LogP contribution in [0.25, 0.3) is 22.3 Å². The fraction of sp³-hybridized carbons (Fsp3) is 0.188. The molecule has 5 aromatic rings. The van der Waals surface area contributed by atoms with Crippen molar-refractivity contribution >= 4 is 22.8 Å². The van der Waals surface area contributed by atoms with E-state index in [1.54, 1.807) is 30.3 Å².